The number of halogens is 3. The van der Waals surface area contributed by atoms with Crippen molar-refractivity contribution in [1.29, 1.82) is 0 Å². The number of nitrogens with two attached hydrogens (primary N) is 1. The molecule has 1 aromatic rings. The summed E-state index contributed by atoms with van der Waals surface area (Å²) >= 11 is 0. The zero-order valence-corrected chi connectivity index (χ0v) is 10.2. The second kappa shape index (κ2) is 4.46. The largest absolute Gasteiger partial charge is 0.496 e. The fourth-order valence-electron chi connectivity index (χ4n) is 2.49. The van der Waals surface area contributed by atoms with Crippen molar-refractivity contribution < 1.29 is 17.9 Å². The van der Waals surface area contributed by atoms with E-state index in [0.717, 1.165) is 37.0 Å². The van der Waals surface area contributed by atoms with Gasteiger partial charge in [-0.2, -0.15) is 13.2 Å². The number of benzene rings is 1. The molecule has 1 aliphatic carbocycles. The lowest BCUT2D eigenvalue weighted by atomic mass is 9.64. The molecule has 2 nitrogen and oxygen atoms in total. The number of ether oxygens (including phenoxy) is 1. The van der Waals surface area contributed by atoms with E-state index in [4.69, 9.17) is 10.5 Å². The average molecular weight is 259 g/mol. The molecule has 1 aromatic carbocycles. The van der Waals surface area contributed by atoms with Gasteiger partial charge in [0.1, 0.15) is 5.75 Å². The van der Waals surface area contributed by atoms with Crippen LogP contribution in [0.3, 0.4) is 0 Å². The maximum absolute atomic E-state index is 12.6. The molecule has 0 aromatic heterocycles. The molecule has 0 atom stereocenters. The van der Waals surface area contributed by atoms with E-state index in [1.54, 1.807) is 0 Å². The van der Waals surface area contributed by atoms with Gasteiger partial charge in [-0.15, -0.1) is 0 Å². The summed E-state index contributed by atoms with van der Waals surface area (Å²) in [5.41, 5.74) is 5.68. The average Bonchev–Trinajstić information content (AvgIpc) is 2.27. The fourth-order valence-corrected chi connectivity index (χ4v) is 2.49. The molecule has 1 aliphatic rings. The SMILES string of the molecule is COc1cc(C(F)(F)F)ccc1C1(CN)CCC1. The lowest BCUT2D eigenvalue weighted by Crippen LogP contribution is -2.41. The Morgan fingerprint density at radius 2 is 2.00 bits per heavy atom. The van der Waals surface area contributed by atoms with Crippen LogP contribution in [-0.2, 0) is 11.6 Å². The Hall–Kier alpha value is -1.23. The Labute approximate surface area is 104 Å². The molecule has 2 rings (SSSR count). The Morgan fingerprint density at radius 1 is 1.33 bits per heavy atom. The van der Waals surface area contributed by atoms with Gasteiger partial charge in [-0.25, -0.2) is 0 Å². The van der Waals surface area contributed by atoms with Crippen molar-refractivity contribution in [3.8, 4) is 5.75 Å². The van der Waals surface area contributed by atoms with E-state index in [1.165, 1.54) is 13.2 Å². The lowest BCUT2D eigenvalue weighted by Gasteiger charge is -2.42. The minimum Gasteiger partial charge on any atom is -0.496 e. The summed E-state index contributed by atoms with van der Waals surface area (Å²) in [6.07, 6.45) is -1.47. The van der Waals surface area contributed by atoms with Crippen LogP contribution >= 0.6 is 0 Å². The van der Waals surface area contributed by atoms with E-state index in [0.29, 0.717) is 6.54 Å². The monoisotopic (exact) mass is 259 g/mol. The third kappa shape index (κ3) is 2.07. The van der Waals surface area contributed by atoms with Crippen LogP contribution < -0.4 is 10.5 Å². The van der Waals surface area contributed by atoms with Crippen LogP contribution in [-0.4, -0.2) is 13.7 Å². The number of hydrogen-bond acceptors (Lipinski definition) is 2. The standard InChI is InChI=1S/C13H16F3NO/c1-18-11-7-9(13(14,15)16)3-4-10(11)12(8-17)5-2-6-12/h3-4,7H,2,5-6,8,17H2,1H3. The smallest absolute Gasteiger partial charge is 0.416 e. The van der Waals surface area contributed by atoms with Gasteiger partial charge in [-0.05, 0) is 25.0 Å². The van der Waals surface area contributed by atoms with E-state index < -0.39 is 11.7 Å². The fraction of sp³-hybridized carbons (Fsp3) is 0.538. The molecule has 0 unspecified atom stereocenters. The molecular weight excluding hydrogens is 243 g/mol. The van der Waals surface area contributed by atoms with Crippen molar-refractivity contribution in [3.63, 3.8) is 0 Å². The van der Waals surface area contributed by atoms with E-state index >= 15 is 0 Å². The Morgan fingerprint density at radius 3 is 2.39 bits per heavy atom. The third-order valence-corrected chi connectivity index (χ3v) is 3.80. The first kappa shape index (κ1) is 13.2. The lowest BCUT2D eigenvalue weighted by molar-refractivity contribution is -0.137. The number of rotatable bonds is 3. The summed E-state index contributed by atoms with van der Waals surface area (Å²) in [5.74, 6) is 0.287. The Kier molecular flexibility index (Phi) is 3.27. The highest BCUT2D eigenvalue weighted by Gasteiger charge is 2.40. The number of methoxy groups -OCH3 is 1. The molecule has 0 heterocycles. The minimum atomic E-state index is -4.35. The molecule has 0 saturated heterocycles. The molecular formula is C13H16F3NO. The Balaban J connectivity index is 2.44. The molecule has 0 aliphatic heterocycles. The first-order valence-electron chi connectivity index (χ1n) is 5.89. The second-order valence-electron chi connectivity index (χ2n) is 4.75. The number of hydrogen-bond donors (Lipinski definition) is 1. The van der Waals surface area contributed by atoms with Gasteiger partial charge in [0.25, 0.3) is 0 Å². The van der Waals surface area contributed by atoms with Crippen LogP contribution in [0.5, 0.6) is 5.75 Å². The van der Waals surface area contributed by atoms with Gasteiger partial charge in [0, 0.05) is 17.5 Å². The maximum atomic E-state index is 12.6. The zero-order valence-electron chi connectivity index (χ0n) is 10.2. The van der Waals surface area contributed by atoms with Gasteiger partial charge < -0.3 is 10.5 Å². The minimum absolute atomic E-state index is 0.199. The molecule has 1 fully saturated rings. The van der Waals surface area contributed by atoms with Crippen LogP contribution in [0, 0.1) is 0 Å². The number of alkyl halides is 3. The molecule has 0 radical (unpaired) electrons. The summed E-state index contributed by atoms with van der Waals surface area (Å²) in [6, 6.07) is 3.67. The summed E-state index contributed by atoms with van der Waals surface area (Å²) in [4.78, 5) is 0. The van der Waals surface area contributed by atoms with E-state index in [2.05, 4.69) is 0 Å². The van der Waals surface area contributed by atoms with E-state index in [-0.39, 0.29) is 11.2 Å². The van der Waals surface area contributed by atoms with E-state index in [9.17, 15) is 13.2 Å². The van der Waals surface area contributed by atoms with Gasteiger partial charge in [0.05, 0.1) is 12.7 Å². The second-order valence-corrected chi connectivity index (χ2v) is 4.75. The van der Waals surface area contributed by atoms with Crippen LogP contribution in [0.1, 0.15) is 30.4 Å². The first-order valence-corrected chi connectivity index (χ1v) is 5.89. The van der Waals surface area contributed by atoms with Crippen molar-refractivity contribution in [2.45, 2.75) is 30.9 Å². The summed E-state index contributed by atoms with van der Waals surface area (Å²) in [5, 5.41) is 0. The highest BCUT2D eigenvalue weighted by atomic mass is 19.4. The highest BCUT2D eigenvalue weighted by molar-refractivity contribution is 5.45. The maximum Gasteiger partial charge on any atom is 0.416 e. The third-order valence-electron chi connectivity index (χ3n) is 3.80. The highest BCUT2D eigenvalue weighted by Crippen LogP contribution is 2.47. The molecule has 2 N–H and O–H groups in total. The van der Waals surface area contributed by atoms with Gasteiger partial charge in [0.2, 0.25) is 0 Å². The summed E-state index contributed by atoms with van der Waals surface area (Å²) < 4.78 is 43.0. The Bertz CT molecular complexity index is 433. The molecule has 100 valence electrons. The van der Waals surface area contributed by atoms with Gasteiger partial charge in [0.15, 0.2) is 0 Å². The van der Waals surface area contributed by atoms with Gasteiger partial charge >= 0.3 is 6.18 Å². The summed E-state index contributed by atoms with van der Waals surface area (Å²) in [6.45, 7) is 0.439. The van der Waals surface area contributed by atoms with Gasteiger partial charge in [-0.1, -0.05) is 12.5 Å². The molecule has 1 saturated carbocycles. The summed E-state index contributed by atoms with van der Waals surface area (Å²) in [7, 11) is 1.39. The molecule has 5 heteroatoms. The molecule has 18 heavy (non-hydrogen) atoms. The van der Waals surface area contributed by atoms with Crippen LogP contribution in [0.15, 0.2) is 18.2 Å². The van der Waals surface area contributed by atoms with Crippen LogP contribution in [0.2, 0.25) is 0 Å². The molecule has 0 spiro atoms. The van der Waals surface area contributed by atoms with Crippen molar-refractivity contribution in [2.75, 3.05) is 13.7 Å². The predicted molar refractivity (Wildman–Crippen MR) is 62.6 cm³/mol. The normalized spacial score (nSPS) is 18.3. The van der Waals surface area contributed by atoms with Gasteiger partial charge in [-0.3, -0.25) is 0 Å². The van der Waals surface area contributed by atoms with Crippen molar-refractivity contribution in [3.05, 3.63) is 29.3 Å². The van der Waals surface area contributed by atoms with Crippen molar-refractivity contribution >= 4 is 0 Å². The van der Waals surface area contributed by atoms with Crippen molar-refractivity contribution in [2.24, 2.45) is 5.73 Å². The quantitative estimate of drug-likeness (QED) is 0.905. The first-order chi connectivity index (χ1) is 8.43. The van der Waals surface area contributed by atoms with Crippen LogP contribution in [0.25, 0.3) is 0 Å². The molecule has 0 amide bonds. The predicted octanol–water partition coefficient (Wildman–Crippen LogP) is 3.09. The van der Waals surface area contributed by atoms with E-state index in [1.807, 2.05) is 0 Å². The molecule has 0 bridgehead atoms. The zero-order chi connectivity index (χ0) is 13.4. The van der Waals surface area contributed by atoms with Crippen LogP contribution in [0.4, 0.5) is 13.2 Å². The topological polar surface area (TPSA) is 35.2 Å². The van der Waals surface area contributed by atoms with Crippen molar-refractivity contribution in [1.82, 2.24) is 0 Å².